The fourth-order valence-corrected chi connectivity index (χ4v) is 10.1. The summed E-state index contributed by atoms with van der Waals surface area (Å²) in [6.45, 7) is 0. The number of rotatable bonds is 4. The summed E-state index contributed by atoms with van der Waals surface area (Å²) >= 11 is 0. The predicted octanol–water partition coefficient (Wildman–Crippen LogP) is 6.24. The summed E-state index contributed by atoms with van der Waals surface area (Å²) in [6, 6.07) is 7.92. The molecule has 0 unspecified atom stereocenters. The van der Waals surface area contributed by atoms with Gasteiger partial charge in [0.25, 0.3) is 0 Å². The molecule has 1 N–H and O–H groups in total. The molecule has 1 amide bonds. The van der Waals surface area contributed by atoms with Gasteiger partial charge in [0.1, 0.15) is 0 Å². The molecule has 8 aliphatic carbocycles. The minimum Gasteiger partial charge on any atom is -0.325 e. The molecule has 0 radical (unpaired) electrons. The fourth-order valence-electron chi connectivity index (χ4n) is 10.1. The summed E-state index contributed by atoms with van der Waals surface area (Å²) < 4.78 is 0. The van der Waals surface area contributed by atoms with Crippen LogP contribution in [0.2, 0.25) is 0 Å². The van der Waals surface area contributed by atoms with Gasteiger partial charge < -0.3 is 5.32 Å². The van der Waals surface area contributed by atoms with E-state index in [1.165, 1.54) is 38.5 Å². The van der Waals surface area contributed by atoms with Gasteiger partial charge in [-0.15, -0.1) is 0 Å². The highest BCUT2D eigenvalue weighted by molar-refractivity contribution is 6.08. The van der Waals surface area contributed by atoms with E-state index < -0.39 is 0 Å². The Hall–Kier alpha value is -1.64. The number of carbonyl (C=O) groups excluding carboxylic acids is 2. The van der Waals surface area contributed by atoms with E-state index in [-0.39, 0.29) is 16.7 Å². The Bertz CT molecular complexity index is 876. The average Bonchev–Trinajstić information content (AvgIpc) is 2.72. The number of Topliss-reactive ketones (excluding diaryl/α,β-unsaturated/α-hetero) is 1. The van der Waals surface area contributed by atoms with Gasteiger partial charge in [-0.05, 0) is 125 Å². The summed E-state index contributed by atoms with van der Waals surface area (Å²) in [6.07, 6.45) is 14.5. The topological polar surface area (TPSA) is 46.2 Å². The van der Waals surface area contributed by atoms with Crippen LogP contribution in [0.1, 0.15) is 87.4 Å². The van der Waals surface area contributed by atoms with Crippen molar-refractivity contribution in [3.8, 4) is 0 Å². The van der Waals surface area contributed by atoms with Gasteiger partial charge in [0.2, 0.25) is 5.91 Å². The van der Waals surface area contributed by atoms with E-state index in [1.807, 2.05) is 24.3 Å². The molecule has 164 valence electrons. The highest BCUT2D eigenvalue weighted by Crippen LogP contribution is 2.62. The van der Waals surface area contributed by atoms with Crippen LogP contribution in [0.4, 0.5) is 5.69 Å². The number of para-hydroxylation sites is 1. The van der Waals surface area contributed by atoms with Crippen LogP contribution < -0.4 is 5.32 Å². The third-order valence-electron chi connectivity index (χ3n) is 10.5. The molecular formula is C28H35NO2. The van der Waals surface area contributed by atoms with Crippen LogP contribution in [-0.2, 0) is 4.79 Å². The second-order valence-electron chi connectivity index (χ2n) is 12.7. The molecule has 3 heteroatoms. The van der Waals surface area contributed by atoms with Gasteiger partial charge in [0.15, 0.2) is 5.78 Å². The number of hydrogen-bond donors (Lipinski definition) is 1. The van der Waals surface area contributed by atoms with Gasteiger partial charge in [0, 0.05) is 11.0 Å². The second-order valence-corrected chi connectivity index (χ2v) is 12.7. The lowest BCUT2D eigenvalue weighted by Crippen LogP contribution is -2.52. The number of benzene rings is 1. The Morgan fingerprint density at radius 2 is 1.06 bits per heavy atom. The first-order chi connectivity index (χ1) is 15.0. The minimum atomic E-state index is -0.175. The molecule has 0 aromatic heterocycles. The first-order valence-corrected chi connectivity index (χ1v) is 13.0. The van der Waals surface area contributed by atoms with Crippen molar-refractivity contribution in [2.75, 3.05) is 5.32 Å². The second kappa shape index (κ2) is 6.45. The van der Waals surface area contributed by atoms with Crippen LogP contribution >= 0.6 is 0 Å². The molecule has 8 fully saturated rings. The lowest BCUT2D eigenvalue weighted by Gasteiger charge is -2.56. The maximum absolute atomic E-state index is 14.0. The van der Waals surface area contributed by atoms with Crippen molar-refractivity contribution in [2.45, 2.75) is 77.0 Å². The Morgan fingerprint density at radius 1 is 0.645 bits per heavy atom. The predicted molar refractivity (Wildman–Crippen MR) is 121 cm³/mol. The summed E-state index contributed by atoms with van der Waals surface area (Å²) in [7, 11) is 0. The molecule has 0 heterocycles. The molecule has 0 aliphatic heterocycles. The number of hydrogen-bond acceptors (Lipinski definition) is 2. The first-order valence-electron chi connectivity index (χ1n) is 13.0. The van der Waals surface area contributed by atoms with Gasteiger partial charge in [0.05, 0.1) is 11.1 Å². The van der Waals surface area contributed by atoms with Crippen LogP contribution in [0.5, 0.6) is 0 Å². The first kappa shape index (κ1) is 18.9. The molecule has 3 nitrogen and oxygen atoms in total. The van der Waals surface area contributed by atoms with Gasteiger partial charge in [-0.3, -0.25) is 9.59 Å². The Labute approximate surface area is 185 Å². The van der Waals surface area contributed by atoms with Crippen LogP contribution in [-0.4, -0.2) is 11.7 Å². The summed E-state index contributed by atoms with van der Waals surface area (Å²) in [4.78, 5) is 27.7. The monoisotopic (exact) mass is 417 g/mol. The van der Waals surface area contributed by atoms with E-state index in [4.69, 9.17) is 0 Å². The normalized spacial score (nSPS) is 46.3. The van der Waals surface area contributed by atoms with Crippen molar-refractivity contribution in [2.24, 2.45) is 46.3 Å². The Morgan fingerprint density at radius 3 is 1.55 bits per heavy atom. The third-order valence-corrected chi connectivity index (χ3v) is 10.5. The van der Waals surface area contributed by atoms with E-state index in [1.54, 1.807) is 0 Å². The van der Waals surface area contributed by atoms with E-state index in [2.05, 4.69) is 5.32 Å². The molecule has 0 atom stereocenters. The third kappa shape index (κ3) is 2.84. The van der Waals surface area contributed by atoms with Gasteiger partial charge in [-0.2, -0.15) is 0 Å². The van der Waals surface area contributed by atoms with E-state index in [0.717, 1.165) is 85.3 Å². The number of carbonyl (C=O) groups is 2. The number of ketones is 1. The quantitative estimate of drug-likeness (QED) is 0.589. The molecule has 1 aromatic carbocycles. The van der Waals surface area contributed by atoms with Gasteiger partial charge in [-0.25, -0.2) is 0 Å². The molecule has 8 aliphatic rings. The maximum Gasteiger partial charge on any atom is 0.230 e. The lowest BCUT2D eigenvalue weighted by atomic mass is 9.48. The van der Waals surface area contributed by atoms with Gasteiger partial charge in [-0.1, -0.05) is 12.1 Å². The van der Waals surface area contributed by atoms with Crippen LogP contribution in [0, 0.1) is 46.3 Å². The van der Waals surface area contributed by atoms with Crippen molar-refractivity contribution in [1.29, 1.82) is 0 Å². The molecule has 8 saturated carbocycles. The largest absolute Gasteiger partial charge is 0.325 e. The van der Waals surface area contributed by atoms with Crippen molar-refractivity contribution >= 4 is 17.4 Å². The molecular weight excluding hydrogens is 382 g/mol. The number of anilines is 1. The minimum absolute atomic E-state index is 0.156. The highest BCUT2D eigenvalue weighted by atomic mass is 16.2. The summed E-state index contributed by atoms with van der Waals surface area (Å²) in [5, 5.41) is 3.32. The van der Waals surface area contributed by atoms with Crippen molar-refractivity contribution in [1.82, 2.24) is 0 Å². The zero-order valence-corrected chi connectivity index (χ0v) is 18.6. The van der Waals surface area contributed by atoms with E-state index >= 15 is 0 Å². The number of nitrogens with one attached hydrogen (secondary N) is 1. The SMILES string of the molecule is O=C(Nc1ccccc1C(=O)C12CC3CC(CC(C3)C1)C2)C12CC3CC(CC(C3)C1)C2. The summed E-state index contributed by atoms with van der Waals surface area (Å²) in [5.41, 5.74) is 1.23. The fraction of sp³-hybridized carbons (Fsp3) is 0.714. The van der Waals surface area contributed by atoms with E-state index in [0.29, 0.717) is 5.78 Å². The molecule has 0 saturated heterocycles. The summed E-state index contributed by atoms with van der Waals surface area (Å²) in [5.74, 6) is 5.05. The molecule has 0 spiro atoms. The molecule has 1 aromatic rings. The lowest BCUT2D eigenvalue weighted by molar-refractivity contribution is -0.140. The van der Waals surface area contributed by atoms with Crippen LogP contribution in [0.25, 0.3) is 0 Å². The molecule has 9 rings (SSSR count). The van der Waals surface area contributed by atoms with Crippen molar-refractivity contribution in [3.63, 3.8) is 0 Å². The Balaban J connectivity index is 1.17. The molecule has 8 bridgehead atoms. The smallest absolute Gasteiger partial charge is 0.230 e. The zero-order valence-electron chi connectivity index (χ0n) is 18.6. The van der Waals surface area contributed by atoms with Crippen molar-refractivity contribution < 1.29 is 9.59 Å². The number of amides is 1. The van der Waals surface area contributed by atoms with E-state index in [9.17, 15) is 9.59 Å². The highest BCUT2D eigenvalue weighted by Gasteiger charge is 2.56. The average molecular weight is 418 g/mol. The van der Waals surface area contributed by atoms with Crippen molar-refractivity contribution in [3.05, 3.63) is 29.8 Å². The van der Waals surface area contributed by atoms with Crippen LogP contribution in [0.15, 0.2) is 24.3 Å². The zero-order chi connectivity index (χ0) is 20.8. The maximum atomic E-state index is 14.0. The standard InChI is InChI=1S/C28H35NO2/c30-25(27-11-17-5-18(12-27)7-19(6-17)13-27)23-3-1-2-4-24(23)29-26(31)28-14-20-8-21(15-28)10-22(9-20)16-28/h1-4,17-22H,5-16H2,(H,29,31). The Kier molecular flexibility index (Phi) is 3.93. The molecule has 31 heavy (non-hydrogen) atoms. The van der Waals surface area contributed by atoms with Crippen LogP contribution in [0.3, 0.4) is 0 Å². The van der Waals surface area contributed by atoms with Gasteiger partial charge >= 0.3 is 0 Å².